The highest BCUT2D eigenvalue weighted by Gasteiger charge is 2.07. The van der Waals surface area contributed by atoms with Crippen molar-refractivity contribution < 1.29 is 4.79 Å². The molecular formula is C13H17N5O. The Balaban J connectivity index is 2.08. The number of nitrogens with zero attached hydrogens (tertiary/aromatic N) is 3. The van der Waals surface area contributed by atoms with Crippen molar-refractivity contribution in [2.45, 2.75) is 20.8 Å². The Hall–Kier alpha value is -2.37. The van der Waals surface area contributed by atoms with E-state index in [1.807, 2.05) is 27.8 Å². The van der Waals surface area contributed by atoms with Crippen molar-refractivity contribution in [2.75, 3.05) is 5.32 Å². The average Bonchev–Trinajstić information content (AvgIpc) is 2.83. The molecule has 0 radical (unpaired) electrons. The van der Waals surface area contributed by atoms with E-state index >= 15 is 0 Å². The standard InChI is InChI=1S/C13H17N5O/c1-8-7-12(16-15-8)14-13(19)6-5-11-9(2)17-18(4)10(11)3/h5-7H,1-4H3,(H2,14,15,16,19). The number of nitrogens with one attached hydrogen (secondary N) is 2. The molecule has 0 spiro atoms. The van der Waals surface area contributed by atoms with E-state index in [2.05, 4.69) is 20.6 Å². The Morgan fingerprint density at radius 3 is 2.68 bits per heavy atom. The zero-order chi connectivity index (χ0) is 14.0. The van der Waals surface area contributed by atoms with E-state index in [0.717, 1.165) is 22.6 Å². The van der Waals surface area contributed by atoms with Crippen LogP contribution >= 0.6 is 0 Å². The van der Waals surface area contributed by atoms with E-state index in [-0.39, 0.29) is 5.91 Å². The molecule has 2 heterocycles. The Kier molecular flexibility index (Phi) is 3.50. The van der Waals surface area contributed by atoms with Gasteiger partial charge in [-0.15, -0.1) is 0 Å². The Morgan fingerprint density at radius 1 is 1.42 bits per heavy atom. The number of anilines is 1. The van der Waals surface area contributed by atoms with Crippen LogP contribution in [0.3, 0.4) is 0 Å². The van der Waals surface area contributed by atoms with Gasteiger partial charge in [0, 0.05) is 36.1 Å². The Morgan fingerprint density at radius 2 is 2.16 bits per heavy atom. The number of carbonyl (C=O) groups is 1. The first-order valence-corrected chi connectivity index (χ1v) is 5.98. The minimum atomic E-state index is -0.214. The average molecular weight is 259 g/mol. The van der Waals surface area contributed by atoms with Gasteiger partial charge >= 0.3 is 0 Å². The maximum Gasteiger partial charge on any atom is 0.249 e. The van der Waals surface area contributed by atoms with Crippen molar-refractivity contribution in [1.29, 1.82) is 0 Å². The van der Waals surface area contributed by atoms with E-state index in [0.29, 0.717) is 5.82 Å². The van der Waals surface area contributed by atoms with Gasteiger partial charge in [0.25, 0.3) is 0 Å². The molecule has 6 heteroatoms. The highest BCUT2D eigenvalue weighted by atomic mass is 16.1. The predicted molar refractivity (Wildman–Crippen MR) is 73.7 cm³/mol. The molecular weight excluding hydrogens is 242 g/mol. The number of rotatable bonds is 3. The number of hydrogen-bond acceptors (Lipinski definition) is 3. The second-order valence-electron chi connectivity index (χ2n) is 4.47. The lowest BCUT2D eigenvalue weighted by atomic mass is 10.2. The summed E-state index contributed by atoms with van der Waals surface area (Å²) in [4.78, 5) is 11.7. The van der Waals surface area contributed by atoms with Crippen molar-refractivity contribution in [2.24, 2.45) is 7.05 Å². The molecule has 0 unspecified atom stereocenters. The lowest BCUT2D eigenvalue weighted by Crippen LogP contribution is -2.08. The van der Waals surface area contributed by atoms with E-state index in [1.54, 1.807) is 16.8 Å². The van der Waals surface area contributed by atoms with Crippen LogP contribution in [-0.4, -0.2) is 25.9 Å². The van der Waals surface area contributed by atoms with Crippen molar-refractivity contribution in [3.05, 3.63) is 34.8 Å². The summed E-state index contributed by atoms with van der Waals surface area (Å²) in [5, 5.41) is 13.7. The molecule has 0 saturated heterocycles. The fraction of sp³-hybridized carbons (Fsp3) is 0.308. The third kappa shape index (κ3) is 2.90. The van der Waals surface area contributed by atoms with Gasteiger partial charge in [-0.05, 0) is 26.8 Å². The molecule has 0 atom stereocenters. The highest BCUT2D eigenvalue weighted by Crippen LogP contribution is 2.13. The maximum atomic E-state index is 11.7. The lowest BCUT2D eigenvalue weighted by Gasteiger charge is -1.96. The quantitative estimate of drug-likeness (QED) is 0.824. The van der Waals surface area contributed by atoms with Gasteiger partial charge in [-0.1, -0.05) is 0 Å². The molecule has 2 aromatic heterocycles. The van der Waals surface area contributed by atoms with Crippen LogP contribution in [0.15, 0.2) is 12.1 Å². The number of amides is 1. The highest BCUT2D eigenvalue weighted by molar-refractivity contribution is 6.01. The van der Waals surface area contributed by atoms with E-state index in [9.17, 15) is 4.79 Å². The molecule has 0 saturated carbocycles. The van der Waals surface area contributed by atoms with Crippen molar-refractivity contribution >= 4 is 17.8 Å². The summed E-state index contributed by atoms with van der Waals surface area (Å²) in [7, 11) is 1.88. The van der Waals surface area contributed by atoms with Gasteiger partial charge in [-0.2, -0.15) is 10.2 Å². The van der Waals surface area contributed by atoms with Gasteiger partial charge < -0.3 is 5.32 Å². The van der Waals surface area contributed by atoms with Crippen LogP contribution in [-0.2, 0) is 11.8 Å². The molecule has 0 aliphatic rings. The maximum absolute atomic E-state index is 11.7. The van der Waals surface area contributed by atoms with Gasteiger partial charge in [0.2, 0.25) is 5.91 Å². The molecule has 0 aliphatic carbocycles. The minimum absolute atomic E-state index is 0.214. The predicted octanol–water partition coefficient (Wildman–Crippen LogP) is 1.72. The van der Waals surface area contributed by atoms with Crippen LogP contribution in [0.4, 0.5) is 5.82 Å². The van der Waals surface area contributed by atoms with Crippen LogP contribution in [0.2, 0.25) is 0 Å². The normalized spacial score (nSPS) is 11.2. The summed E-state index contributed by atoms with van der Waals surface area (Å²) in [5.41, 5.74) is 3.80. The molecule has 1 amide bonds. The van der Waals surface area contributed by atoms with Gasteiger partial charge in [0.05, 0.1) is 5.69 Å². The second-order valence-corrected chi connectivity index (χ2v) is 4.47. The third-order valence-corrected chi connectivity index (χ3v) is 2.92. The number of aromatic nitrogens is 4. The van der Waals surface area contributed by atoms with Crippen LogP contribution < -0.4 is 5.32 Å². The molecule has 19 heavy (non-hydrogen) atoms. The first-order chi connectivity index (χ1) is 8.97. The zero-order valence-electron chi connectivity index (χ0n) is 11.5. The van der Waals surface area contributed by atoms with E-state index in [4.69, 9.17) is 0 Å². The first kappa shape index (κ1) is 13.1. The van der Waals surface area contributed by atoms with E-state index in [1.165, 1.54) is 6.08 Å². The summed E-state index contributed by atoms with van der Waals surface area (Å²) >= 11 is 0. The lowest BCUT2D eigenvalue weighted by molar-refractivity contribution is -0.111. The molecule has 2 aromatic rings. The van der Waals surface area contributed by atoms with Crippen LogP contribution in [0.25, 0.3) is 6.08 Å². The van der Waals surface area contributed by atoms with Crippen LogP contribution in [0.1, 0.15) is 22.6 Å². The smallest absolute Gasteiger partial charge is 0.249 e. The summed E-state index contributed by atoms with van der Waals surface area (Å²) in [5.74, 6) is 0.306. The molecule has 0 aromatic carbocycles. The topological polar surface area (TPSA) is 75.6 Å². The first-order valence-electron chi connectivity index (χ1n) is 5.98. The summed E-state index contributed by atoms with van der Waals surface area (Å²) < 4.78 is 1.80. The second kappa shape index (κ2) is 5.09. The Bertz CT molecular complexity index is 635. The van der Waals surface area contributed by atoms with Gasteiger partial charge in [0.15, 0.2) is 5.82 Å². The van der Waals surface area contributed by atoms with Gasteiger partial charge in [-0.3, -0.25) is 14.6 Å². The summed E-state index contributed by atoms with van der Waals surface area (Å²) in [6, 6.07) is 1.77. The fourth-order valence-corrected chi connectivity index (χ4v) is 1.84. The van der Waals surface area contributed by atoms with Crippen molar-refractivity contribution in [1.82, 2.24) is 20.0 Å². The molecule has 100 valence electrons. The van der Waals surface area contributed by atoms with Crippen molar-refractivity contribution in [3.63, 3.8) is 0 Å². The number of aryl methyl sites for hydroxylation is 3. The molecule has 0 aliphatic heterocycles. The molecule has 0 fully saturated rings. The van der Waals surface area contributed by atoms with Gasteiger partial charge in [0.1, 0.15) is 0 Å². The molecule has 2 rings (SSSR count). The van der Waals surface area contributed by atoms with Crippen molar-refractivity contribution in [3.8, 4) is 0 Å². The number of hydrogen-bond donors (Lipinski definition) is 2. The fourth-order valence-electron chi connectivity index (χ4n) is 1.84. The number of carbonyl (C=O) groups excluding carboxylic acids is 1. The summed E-state index contributed by atoms with van der Waals surface area (Å²) in [6.45, 7) is 5.76. The van der Waals surface area contributed by atoms with Gasteiger partial charge in [-0.25, -0.2) is 0 Å². The van der Waals surface area contributed by atoms with Crippen LogP contribution in [0, 0.1) is 20.8 Å². The molecule has 2 N–H and O–H groups in total. The molecule has 0 bridgehead atoms. The Labute approximate surface area is 111 Å². The number of aromatic amines is 1. The largest absolute Gasteiger partial charge is 0.306 e. The van der Waals surface area contributed by atoms with Crippen LogP contribution in [0.5, 0.6) is 0 Å². The minimum Gasteiger partial charge on any atom is -0.306 e. The van der Waals surface area contributed by atoms with E-state index < -0.39 is 0 Å². The monoisotopic (exact) mass is 259 g/mol. The third-order valence-electron chi connectivity index (χ3n) is 2.92. The zero-order valence-corrected chi connectivity index (χ0v) is 11.5. The molecule has 6 nitrogen and oxygen atoms in total. The SMILES string of the molecule is Cc1cc(NC(=O)C=Cc2c(C)nn(C)c2C)n[nH]1. The number of H-pyrrole nitrogens is 1. The summed E-state index contributed by atoms with van der Waals surface area (Å²) in [6.07, 6.45) is 3.26.